The highest BCUT2D eigenvalue weighted by atomic mass is 35.5. The van der Waals surface area contributed by atoms with E-state index in [1.807, 2.05) is 0 Å². The van der Waals surface area contributed by atoms with Gasteiger partial charge in [0.2, 0.25) is 0 Å². The van der Waals surface area contributed by atoms with Crippen molar-refractivity contribution in [2.24, 2.45) is 0 Å². The predicted octanol–water partition coefficient (Wildman–Crippen LogP) is 3.33. The van der Waals surface area contributed by atoms with Gasteiger partial charge in [-0.15, -0.1) is 0 Å². The summed E-state index contributed by atoms with van der Waals surface area (Å²) < 4.78 is 5.10. The first kappa shape index (κ1) is 14.4. The highest BCUT2D eigenvalue weighted by Crippen LogP contribution is 2.40. The van der Waals surface area contributed by atoms with Crippen molar-refractivity contribution in [3.05, 3.63) is 28.8 Å². The van der Waals surface area contributed by atoms with Crippen LogP contribution in [0.15, 0.2) is 18.2 Å². The van der Waals surface area contributed by atoms with E-state index in [0.717, 1.165) is 31.1 Å². The summed E-state index contributed by atoms with van der Waals surface area (Å²) in [6.07, 6.45) is 5.22. The monoisotopic (exact) mass is 282 g/mol. The van der Waals surface area contributed by atoms with Gasteiger partial charge < -0.3 is 14.6 Å². The Bertz CT molecular complexity index is 453. The molecule has 0 heterocycles. The van der Waals surface area contributed by atoms with E-state index in [2.05, 4.69) is 0 Å². The molecule has 1 aliphatic carbocycles. The minimum absolute atomic E-state index is 0.464. The van der Waals surface area contributed by atoms with Gasteiger partial charge in [0.05, 0.1) is 23.7 Å². The van der Waals surface area contributed by atoms with E-state index < -0.39 is 11.5 Å². The quantitative estimate of drug-likeness (QED) is 0.862. The van der Waals surface area contributed by atoms with Gasteiger partial charge in [-0.05, 0) is 30.5 Å². The lowest BCUT2D eigenvalue weighted by molar-refractivity contribution is -0.117. The van der Waals surface area contributed by atoms with Gasteiger partial charge >= 0.3 is 0 Å². The first-order valence-corrected chi connectivity index (χ1v) is 6.99. The maximum Gasteiger partial charge on any atom is 0.137 e. The van der Waals surface area contributed by atoms with Gasteiger partial charge in [-0.3, -0.25) is 0 Å². The molecule has 1 unspecified atom stereocenters. The molecule has 1 aromatic carbocycles. The number of ether oxygens (including phenoxy) is 1. The number of methoxy groups -OCH3 is 1. The van der Waals surface area contributed by atoms with E-state index in [1.54, 1.807) is 25.3 Å². The Morgan fingerprint density at radius 2 is 2.05 bits per heavy atom. The highest BCUT2D eigenvalue weighted by molar-refractivity contribution is 6.32. The number of hydrogen-bond acceptors (Lipinski definition) is 3. The highest BCUT2D eigenvalue weighted by Gasteiger charge is 2.38. The molecular weight excluding hydrogens is 264 g/mol. The second-order valence-electron chi connectivity index (χ2n) is 5.17. The van der Waals surface area contributed by atoms with Crippen LogP contribution in [0.1, 0.15) is 43.6 Å². The van der Waals surface area contributed by atoms with E-state index in [9.17, 15) is 9.90 Å². The summed E-state index contributed by atoms with van der Waals surface area (Å²) in [5, 5.41) is 11.2. The Balaban J connectivity index is 2.31. The molecule has 1 fully saturated rings. The Labute approximate surface area is 118 Å². The van der Waals surface area contributed by atoms with Gasteiger partial charge in [-0.25, -0.2) is 0 Å². The molecule has 0 aromatic heterocycles. The van der Waals surface area contributed by atoms with Crippen LogP contribution in [0.25, 0.3) is 0 Å². The molecule has 1 aromatic rings. The summed E-state index contributed by atoms with van der Waals surface area (Å²) in [4.78, 5) is 11.4. The second kappa shape index (κ2) is 5.93. The van der Waals surface area contributed by atoms with Gasteiger partial charge in [-0.1, -0.05) is 36.9 Å². The number of hydrogen-bond donors (Lipinski definition) is 1. The minimum atomic E-state index is -0.933. The number of aliphatic hydroxyl groups is 1. The molecule has 0 aliphatic heterocycles. The maximum atomic E-state index is 11.4. The second-order valence-corrected chi connectivity index (χ2v) is 5.58. The number of halogens is 1. The van der Waals surface area contributed by atoms with Crippen molar-refractivity contribution in [2.45, 2.75) is 43.6 Å². The standard InChI is InChI=1S/C15H19ClO3/c1-19-14-6-5-11(9-13(14)16)12(10-17)15(18)7-3-2-4-8-15/h5-6,9-10,12,18H,2-4,7-8H2,1H3. The zero-order chi connectivity index (χ0) is 13.9. The first-order valence-electron chi connectivity index (χ1n) is 6.62. The number of rotatable bonds is 4. The third kappa shape index (κ3) is 2.93. The smallest absolute Gasteiger partial charge is 0.137 e. The minimum Gasteiger partial charge on any atom is -0.495 e. The molecule has 0 saturated heterocycles. The van der Waals surface area contributed by atoms with E-state index in [1.165, 1.54) is 0 Å². The van der Waals surface area contributed by atoms with Crippen molar-refractivity contribution >= 4 is 17.9 Å². The largest absolute Gasteiger partial charge is 0.495 e. The topological polar surface area (TPSA) is 46.5 Å². The van der Waals surface area contributed by atoms with Crippen LogP contribution in [0.5, 0.6) is 5.75 Å². The third-order valence-electron chi connectivity index (χ3n) is 3.97. The number of carbonyl (C=O) groups excluding carboxylic acids is 1. The molecule has 4 heteroatoms. The van der Waals surface area contributed by atoms with Gasteiger partial charge in [0.15, 0.2) is 0 Å². The summed E-state index contributed by atoms with van der Waals surface area (Å²) in [6, 6.07) is 5.25. The molecule has 19 heavy (non-hydrogen) atoms. The fourth-order valence-electron chi connectivity index (χ4n) is 2.87. The van der Waals surface area contributed by atoms with Crippen molar-refractivity contribution in [2.75, 3.05) is 7.11 Å². The van der Waals surface area contributed by atoms with Crippen LogP contribution < -0.4 is 4.74 Å². The van der Waals surface area contributed by atoms with Crippen LogP contribution in [0.3, 0.4) is 0 Å². The lowest BCUT2D eigenvalue weighted by Gasteiger charge is -2.36. The number of aldehydes is 1. The summed E-state index contributed by atoms with van der Waals surface area (Å²) in [5.74, 6) is 0.0573. The molecule has 0 radical (unpaired) electrons. The van der Waals surface area contributed by atoms with Gasteiger partial charge in [0.25, 0.3) is 0 Å². The van der Waals surface area contributed by atoms with Gasteiger partial charge in [-0.2, -0.15) is 0 Å². The van der Waals surface area contributed by atoms with Gasteiger partial charge in [0.1, 0.15) is 12.0 Å². The summed E-state index contributed by atoms with van der Waals surface area (Å²) in [6.45, 7) is 0. The zero-order valence-corrected chi connectivity index (χ0v) is 11.8. The Kier molecular flexibility index (Phi) is 4.48. The maximum absolute atomic E-state index is 11.4. The molecule has 0 amide bonds. The zero-order valence-electron chi connectivity index (χ0n) is 11.1. The molecule has 0 bridgehead atoms. The Morgan fingerprint density at radius 1 is 1.37 bits per heavy atom. The third-order valence-corrected chi connectivity index (χ3v) is 4.26. The summed E-state index contributed by atoms with van der Waals surface area (Å²) in [5.41, 5.74) is -0.178. The molecule has 1 saturated carbocycles. The molecule has 1 aliphatic rings. The van der Waals surface area contributed by atoms with Crippen LogP contribution in [0.4, 0.5) is 0 Å². The summed E-state index contributed by atoms with van der Waals surface area (Å²) >= 11 is 6.09. The number of benzene rings is 1. The lowest BCUT2D eigenvalue weighted by atomic mass is 9.73. The SMILES string of the molecule is COc1ccc(C(C=O)C2(O)CCCCC2)cc1Cl. The van der Waals surface area contributed by atoms with Crippen LogP contribution in [0.2, 0.25) is 5.02 Å². The van der Waals surface area contributed by atoms with Gasteiger partial charge in [0, 0.05) is 0 Å². The van der Waals surface area contributed by atoms with Crippen molar-refractivity contribution < 1.29 is 14.6 Å². The average Bonchev–Trinajstić information content (AvgIpc) is 2.40. The van der Waals surface area contributed by atoms with E-state index in [4.69, 9.17) is 16.3 Å². The lowest BCUT2D eigenvalue weighted by Crippen LogP contribution is -2.39. The van der Waals surface area contributed by atoms with Crippen LogP contribution in [-0.2, 0) is 4.79 Å². The summed E-state index contributed by atoms with van der Waals surface area (Å²) in [7, 11) is 1.55. The Hall–Kier alpha value is -1.06. The molecule has 2 rings (SSSR count). The van der Waals surface area contributed by atoms with Crippen molar-refractivity contribution in [3.8, 4) is 5.75 Å². The fraction of sp³-hybridized carbons (Fsp3) is 0.533. The van der Waals surface area contributed by atoms with E-state index in [0.29, 0.717) is 23.6 Å². The van der Waals surface area contributed by atoms with Crippen LogP contribution >= 0.6 is 11.6 Å². The fourth-order valence-corrected chi connectivity index (χ4v) is 3.13. The average molecular weight is 283 g/mol. The molecule has 104 valence electrons. The molecule has 1 N–H and O–H groups in total. The van der Waals surface area contributed by atoms with Crippen molar-refractivity contribution in [1.82, 2.24) is 0 Å². The van der Waals surface area contributed by atoms with E-state index in [-0.39, 0.29) is 0 Å². The van der Waals surface area contributed by atoms with Crippen molar-refractivity contribution in [3.63, 3.8) is 0 Å². The van der Waals surface area contributed by atoms with Crippen LogP contribution in [-0.4, -0.2) is 24.1 Å². The normalized spacial score (nSPS) is 19.7. The van der Waals surface area contributed by atoms with E-state index >= 15 is 0 Å². The predicted molar refractivity (Wildman–Crippen MR) is 74.8 cm³/mol. The molecular formula is C15H19ClO3. The molecule has 3 nitrogen and oxygen atoms in total. The van der Waals surface area contributed by atoms with Crippen LogP contribution in [0, 0.1) is 0 Å². The van der Waals surface area contributed by atoms with Crippen molar-refractivity contribution in [1.29, 1.82) is 0 Å². The number of carbonyl (C=O) groups is 1. The first-order chi connectivity index (χ1) is 9.10. The Morgan fingerprint density at radius 3 is 2.58 bits per heavy atom. The molecule has 0 spiro atoms. The molecule has 1 atom stereocenters.